The summed E-state index contributed by atoms with van der Waals surface area (Å²) in [5.74, 6) is -0.0894. The fourth-order valence-corrected chi connectivity index (χ4v) is 8.26. The Balaban J connectivity index is 3.66. The number of hydrogen-bond acceptors (Lipinski definition) is 3. The fraction of sp³-hybridized carbons (Fsp3) is 0.632. The zero-order valence-electron chi connectivity index (χ0n) is 46.9. The van der Waals surface area contributed by atoms with Crippen LogP contribution in [0.3, 0.4) is 0 Å². The van der Waals surface area contributed by atoms with E-state index < -0.39 is 12.1 Å². The lowest BCUT2D eigenvalue weighted by Crippen LogP contribution is -2.45. The molecule has 0 saturated heterocycles. The van der Waals surface area contributed by atoms with E-state index in [1.807, 2.05) is 6.08 Å². The van der Waals surface area contributed by atoms with E-state index in [1.54, 1.807) is 6.08 Å². The molecule has 0 aromatic heterocycles. The van der Waals surface area contributed by atoms with Crippen molar-refractivity contribution >= 4 is 5.91 Å². The first-order valence-electron chi connectivity index (χ1n) is 30.0. The second kappa shape index (κ2) is 61.6. The molecule has 0 aliphatic rings. The zero-order valence-corrected chi connectivity index (χ0v) is 46.9. The van der Waals surface area contributed by atoms with Crippen LogP contribution in [0.2, 0.25) is 0 Å². The Hall–Kier alpha value is -3.73. The number of carbonyl (C=O) groups excluding carboxylic acids is 1. The number of rotatable bonds is 53. The van der Waals surface area contributed by atoms with Gasteiger partial charge < -0.3 is 15.5 Å². The summed E-state index contributed by atoms with van der Waals surface area (Å²) in [5.41, 5.74) is 0. The average Bonchev–Trinajstić information content (AvgIpc) is 3.39. The third-order valence-electron chi connectivity index (χ3n) is 12.8. The van der Waals surface area contributed by atoms with Crippen molar-refractivity contribution < 1.29 is 15.0 Å². The van der Waals surface area contributed by atoms with Gasteiger partial charge in [0, 0.05) is 6.42 Å². The minimum Gasteiger partial charge on any atom is -0.394 e. The molecule has 0 spiro atoms. The minimum absolute atomic E-state index is 0.0894. The third kappa shape index (κ3) is 57.2. The van der Waals surface area contributed by atoms with Gasteiger partial charge in [-0.1, -0.05) is 282 Å². The predicted octanol–water partition coefficient (Wildman–Crippen LogP) is 20.4. The normalized spacial score (nSPS) is 13.9. The van der Waals surface area contributed by atoms with Crippen LogP contribution in [-0.2, 0) is 4.79 Å². The van der Waals surface area contributed by atoms with Gasteiger partial charge in [0.15, 0.2) is 0 Å². The minimum atomic E-state index is -0.884. The highest BCUT2D eigenvalue weighted by Crippen LogP contribution is 2.15. The summed E-state index contributed by atoms with van der Waals surface area (Å²) >= 11 is 0. The van der Waals surface area contributed by atoms with Gasteiger partial charge in [0.25, 0.3) is 0 Å². The molecular formula is C68H113NO3. The molecule has 1 amide bonds. The number of carbonyl (C=O) groups is 1. The van der Waals surface area contributed by atoms with Gasteiger partial charge in [-0.2, -0.15) is 0 Å². The van der Waals surface area contributed by atoms with Crippen molar-refractivity contribution in [3.63, 3.8) is 0 Å². The molecule has 0 aliphatic heterocycles. The van der Waals surface area contributed by atoms with E-state index in [4.69, 9.17) is 0 Å². The zero-order chi connectivity index (χ0) is 52.0. The maximum absolute atomic E-state index is 12.5. The van der Waals surface area contributed by atoms with Crippen LogP contribution in [0.15, 0.2) is 146 Å². The molecule has 0 bridgehead atoms. The largest absolute Gasteiger partial charge is 0.394 e. The molecule has 0 radical (unpaired) electrons. The molecule has 3 N–H and O–H groups in total. The molecule has 4 heteroatoms. The summed E-state index contributed by atoms with van der Waals surface area (Å²) in [6.07, 6.45) is 97.3. The van der Waals surface area contributed by atoms with Gasteiger partial charge in [0.2, 0.25) is 5.91 Å². The summed E-state index contributed by atoms with van der Waals surface area (Å²) in [7, 11) is 0. The number of aliphatic hydroxyl groups excluding tert-OH is 2. The maximum Gasteiger partial charge on any atom is 0.220 e. The van der Waals surface area contributed by atoms with Gasteiger partial charge in [-0.3, -0.25) is 4.79 Å². The van der Waals surface area contributed by atoms with Crippen molar-refractivity contribution in [2.24, 2.45) is 0 Å². The van der Waals surface area contributed by atoms with Crippen molar-refractivity contribution in [1.82, 2.24) is 5.32 Å². The molecule has 72 heavy (non-hydrogen) atoms. The van der Waals surface area contributed by atoms with Crippen LogP contribution < -0.4 is 5.32 Å². The SMILES string of the molecule is CC/C=C\C/C=C\C/C=C\C/C=C\C/C=C\C/C=C\C/C=C\C/C=C\C/C=C\CCCCCCCCCCCC(=O)NC(CO)C(O)/C=C/CC/C=C/CC/C=C/CCCCCCCCCCCCCCC. The number of nitrogens with one attached hydrogen (secondary N) is 1. The van der Waals surface area contributed by atoms with E-state index in [1.165, 1.54) is 135 Å². The molecule has 0 fully saturated rings. The summed E-state index contributed by atoms with van der Waals surface area (Å²) in [5, 5.41) is 23.2. The number of hydrogen-bond donors (Lipinski definition) is 3. The summed E-state index contributed by atoms with van der Waals surface area (Å²) in [6, 6.07) is -0.660. The maximum atomic E-state index is 12.5. The van der Waals surface area contributed by atoms with Crippen LogP contribution in [0.1, 0.15) is 258 Å². The molecule has 408 valence electrons. The summed E-state index contributed by atoms with van der Waals surface area (Å²) < 4.78 is 0. The summed E-state index contributed by atoms with van der Waals surface area (Å²) in [6.45, 7) is 4.18. The second-order valence-corrected chi connectivity index (χ2v) is 19.7. The highest BCUT2D eigenvalue weighted by atomic mass is 16.3. The van der Waals surface area contributed by atoms with E-state index in [2.05, 4.69) is 153 Å². The van der Waals surface area contributed by atoms with Gasteiger partial charge in [-0.15, -0.1) is 0 Å². The Morgan fingerprint density at radius 3 is 0.972 bits per heavy atom. The van der Waals surface area contributed by atoms with Gasteiger partial charge in [-0.25, -0.2) is 0 Å². The van der Waals surface area contributed by atoms with Crippen molar-refractivity contribution in [2.45, 2.75) is 270 Å². The molecular weight excluding hydrogens is 879 g/mol. The molecule has 0 rings (SSSR count). The third-order valence-corrected chi connectivity index (χ3v) is 12.8. The highest BCUT2D eigenvalue weighted by molar-refractivity contribution is 5.76. The lowest BCUT2D eigenvalue weighted by molar-refractivity contribution is -0.123. The van der Waals surface area contributed by atoms with E-state index in [-0.39, 0.29) is 12.5 Å². The standard InChI is InChI=1S/C68H113NO3/c1-3-5-7-9-11-13-15-17-19-21-23-25-27-28-29-30-31-32-33-34-35-36-37-38-39-40-42-44-46-48-50-52-54-56-58-60-62-64-68(72)69-66(65-70)67(71)63-61-59-57-55-53-51-49-47-45-43-41-26-24-22-20-18-16-14-12-10-8-6-4-2/h5,7,11,13,17,19,23,25,28-29,31-32,34-35,37-38,40,42,45,47,53,55,61,63,66-67,70-71H,3-4,6,8-10,12,14-16,18,20-22,24,26-27,30,33,36,39,41,43-44,46,48-52,54,56-60,62,64-65H2,1-2H3,(H,69,72)/b7-5-,13-11-,19-17-,25-23-,29-28-,32-31-,35-34-,38-37-,42-40-,47-45+,55-53+,63-61+. The van der Waals surface area contributed by atoms with Crippen LogP contribution in [0.25, 0.3) is 0 Å². The van der Waals surface area contributed by atoms with Gasteiger partial charge in [0.05, 0.1) is 18.8 Å². The van der Waals surface area contributed by atoms with Gasteiger partial charge >= 0.3 is 0 Å². The van der Waals surface area contributed by atoms with Gasteiger partial charge in [-0.05, 0) is 116 Å². The number of unbranched alkanes of at least 4 members (excludes halogenated alkanes) is 24. The average molecular weight is 993 g/mol. The molecule has 0 aliphatic carbocycles. The first-order chi connectivity index (χ1) is 35.7. The van der Waals surface area contributed by atoms with Crippen molar-refractivity contribution in [3.8, 4) is 0 Å². The number of amides is 1. The van der Waals surface area contributed by atoms with E-state index in [0.717, 1.165) is 103 Å². The quantitative estimate of drug-likeness (QED) is 0.0420. The molecule has 0 aromatic rings. The van der Waals surface area contributed by atoms with Crippen molar-refractivity contribution in [1.29, 1.82) is 0 Å². The summed E-state index contributed by atoms with van der Waals surface area (Å²) in [4.78, 5) is 12.5. The molecule has 0 saturated carbocycles. The molecule has 0 aromatic carbocycles. The van der Waals surface area contributed by atoms with Crippen molar-refractivity contribution in [3.05, 3.63) is 146 Å². The Morgan fingerprint density at radius 2 is 0.625 bits per heavy atom. The van der Waals surface area contributed by atoms with Gasteiger partial charge in [0.1, 0.15) is 0 Å². The number of allylic oxidation sites excluding steroid dienone is 23. The van der Waals surface area contributed by atoms with E-state index in [0.29, 0.717) is 6.42 Å². The molecule has 4 nitrogen and oxygen atoms in total. The van der Waals surface area contributed by atoms with Crippen LogP contribution in [-0.4, -0.2) is 34.9 Å². The van der Waals surface area contributed by atoms with E-state index >= 15 is 0 Å². The first kappa shape index (κ1) is 68.3. The Morgan fingerprint density at radius 1 is 0.347 bits per heavy atom. The lowest BCUT2D eigenvalue weighted by Gasteiger charge is -2.19. The Kier molecular flexibility index (Phi) is 58.4. The highest BCUT2D eigenvalue weighted by Gasteiger charge is 2.18. The Labute approximate surface area is 446 Å². The van der Waals surface area contributed by atoms with Crippen LogP contribution in [0.4, 0.5) is 0 Å². The molecule has 0 heterocycles. The Bertz CT molecular complexity index is 1500. The second-order valence-electron chi connectivity index (χ2n) is 19.7. The predicted molar refractivity (Wildman–Crippen MR) is 321 cm³/mol. The molecule has 2 unspecified atom stereocenters. The first-order valence-corrected chi connectivity index (χ1v) is 30.0. The smallest absolute Gasteiger partial charge is 0.220 e. The van der Waals surface area contributed by atoms with Crippen LogP contribution in [0.5, 0.6) is 0 Å². The van der Waals surface area contributed by atoms with E-state index in [9.17, 15) is 15.0 Å². The van der Waals surface area contributed by atoms with Crippen LogP contribution >= 0.6 is 0 Å². The monoisotopic (exact) mass is 992 g/mol. The topological polar surface area (TPSA) is 69.6 Å². The molecule has 2 atom stereocenters. The number of aliphatic hydroxyl groups is 2. The lowest BCUT2D eigenvalue weighted by atomic mass is 10.0. The van der Waals surface area contributed by atoms with Crippen molar-refractivity contribution in [2.75, 3.05) is 6.61 Å². The van der Waals surface area contributed by atoms with Crippen LogP contribution in [0, 0.1) is 0 Å². The fourth-order valence-electron chi connectivity index (χ4n) is 8.26.